The first-order valence-electron chi connectivity index (χ1n) is 8.40. The van der Waals surface area contributed by atoms with Crippen LogP contribution in [0.5, 0.6) is 0 Å². The summed E-state index contributed by atoms with van der Waals surface area (Å²) in [5.41, 5.74) is 1.02. The summed E-state index contributed by atoms with van der Waals surface area (Å²) in [7, 11) is 0. The topological polar surface area (TPSA) is 90.1 Å². The number of carbonyl (C=O) groups is 1. The Hall–Kier alpha value is -1.92. The normalized spacial score (nSPS) is 25.7. The smallest absolute Gasteiger partial charge is 0.312 e. The van der Waals surface area contributed by atoms with Crippen LogP contribution in [0.1, 0.15) is 43.5 Å². The Balaban J connectivity index is 1.47. The molecule has 2 fully saturated rings. The van der Waals surface area contributed by atoms with Crippen LogP contribution < -0.4 is 5.32 Å². The Labute approximate surface area is 135 Å². The summed E-state index contributed by atoms with van der Waals surface area (Å²) in [6.07, 6.45) is 5.78. The number of fused-ring (bicyclic) bond motifs is 2. The molecule has 1 N–H and O–H groups in total. The molecule has 7 nitrogen and oxygen atoms in total. The van der Waals surface area contributed by atoms with Crippen LogP contribution in [0, 0.1) is 41.7 Å². The summed E-state index contributed by atoms with van der Waals surface area (Å²) < 4.78 is 1.60. The number of aromatic nitrogens is 2. The molecule has 126 valence electrons. The zero-order valence-electron chi connectivity index (χ0n) is 13.7. The zero-order valence-corrected chi connectivity index (χ0v) is 13.7. The van der Waals surface area contributed by atoms with Crippen molar-refractivity contribution in [1.82, 2.24) is 15.1 Å². The third-order valence-electron chi connectivity index (χ3n) is 5.50. The Morgan fingerprint density at radius 2 is 2.17 bits per heavy atom. The third kappa shape index (κ3) is 3.23. The molecule has 0 saturated heterocycles. The summed E-state index contributed by atoms with van der Waals surface area (Å²) in [5, 5.41) is 18.1. The van der Waals surface area contributed by atoms with Gasteiger partial charge in [0.15, 0.2) is 0 Å². The van der Waals surface area contributed by atoms with Crippen molar-refractivity contribution in [3.05, 3.63) is 21.5 Å². The van der Waals surface area contributed by atoms with E-state index in [1.54, 1.807) is 18.5 Å². The monoisotopic (exact) mass is 320 g/mol. The second-order valence-corrected chi connectivity index (χ2v) is 6.99. The van der Waals surface area contributed by atoms with Crippen LogP contribution in [0.3, 0.4) is 0 Å². The number of rotatable bonds is 6. The molecule has 2 aliphatic rings. The minimum Gasteiger partial charge on any atom is -0.354 e. The molecule has 3 atom stereocenters. The van der Waals surface area contributed by atoms with Crippen molar-refractivity contribution >= 4 is 11.6 Å². The van der Waals surface area contributed by atoms with Crippen LogP contribution >= 0.6 is 0 Å². The number of hydrogen-bond donors (Lipinski definition) is 1. The summed E-state index contributed by atoms with van der Waals surface area (Å²) in [6, 6.07) is 0. The number of aryl methyl sites for hydroxylation is 1. The lowest BCUT2D eigenvalue weighted by molar-refractivity contribution is -0.386. The van der Waals surface area contributed by atoms with Crippen molar-refractivity contribution in [1.29, 1.82) is 0 Å². The maximum Gasteiger partial charge on any atom is 0.312 e. The van der Waals surface area contributed by atoms with Gasteiger partial charge in [-0.1, -0.05) is 6.42 Å². The Bertz CT molecular complexity index is 625. The maximum atomic E-state index is 12.1. The van der Waals surface area contributed by atoms with E-state index in [-0.39, 0.29) is 11.6 Å². The molecule has 2 bridgehead atoms. The molecule has 2 saturated carbocycles. The molecule has 1 aromatic heterocycles. The van der Waals surface area contributed by atoms with Gasteiger partial charge in [-0.3, -0.25) is 19.6 Å². The molecule has 0 aromatic carbocycles. The molecule has 2 aliphatic carbocycles. The number of nitrogens with zero attached hydrogens (tertiary/aromatic N) is 3. The number of nitro groups is 1. The summed E-state index contributed by atoms with van der Waals surface area (Å²) in [5.74, 6) is 2.26. The minimum absolute atomic E-state index is 0.0679. The second-order valence-electron chi connectivity index (χ2n) is 6.99. The number of hydrogen-bond acceptors (Lipinski definition) is 4. The predicted octanol–water partition coefficient (Wildman–Crippen LogP) is 2.35. The highest BCUT2D eigenvalue weighted by Gasteiger charge is 2.40. The highest BCUT2D eigenvalue weighted by atomic mass is 16.6. The van der Waals surface area contributed by atoms with Gasteiger partial charge in [0, 0.05) is 13.0 Å². The van der Waals surface area contributed by atoms with Crippen molar-refractivity contribution in [2.24, 2.45) is 17.8 Å². The molecule has 23 heavy (non-hydrogen) atoms. The molecular formula is C16H24N4O3. The first-order chi connectivity index (χ1) is 11.0. The van der Waals surface area contributed by atoms with Crippen LogP contribution in [-0.2, 0) is 11.3 Å². The average Bonchev–Trinajstić information content (AvgIpc) is 3.14. The standard InChI is InChI=1S/C16H24N4O3/c1-10-16(20(22)23)11(2)19(18-10)6-5-17-15(21)9-14-8-12-3-4-13(14)7-12/h12-14H,3-9H2,1-2H3,(H,17,21). The minimum atomic E-state index is -0.401. The van der Waals surface area contributed by atoms with Gasteiger partial charge in [0.05, 0.1) is 11.5 Å². The Morgan fingerprint density at radius 1 is 1.39 bits per heavy atom. The summed E-state index contributed by atoms with van der Waals surface area (Å²) in [6.45, 7) is 4.24. The van der Waals surface area contributed by atoms with Gasteiger partial charge in [0.25, 0.3) is 0 Å². The van der Waals surface area contributed by atoms with Gasteiger partial charge < -0.3 is 5.32 Å². The van der Waals surface area contributed by atoms with Gasteiger partial charge in [0.2, 0.25) is 5.91 Å². The second kappa shape index (κ2) is 6.29. The average molecular weight is 320 g/mol. The zero-order chi connectivity index (χ0) is 16.6. The summed E-state index contributed by atoms with van der Waals surface area (Å²) >= 11 is 0. The van der Waals surface area contributed by atoms with Gasteiger partial charge in [0.1, 0.15) is 11.4 Å². The molecule has 1 amide bonds. The largest absolute Gasteiger partial charge is 0.354 e. The first-order valence-corrected chi connectivity index (χ1v) is 8.40. The Kier molecular flexibility index (Phi) is 4.37. The van der Waals surface area contributed by atoms with Gasteiger partial charge in [-0.15, -0.1) is 0 Å². The van der Waals surface area contributed by atoms with E-state index >= 15 is 0 Å². The fraction of sp³-hybridized carbons (Fsp3) is 0.750. The van der Waals surface area contributed by atoms with Crippen molar-refractivity contribution in [3.8, 4) is 0 Å². The predicted molar refractivity (Wildman–Crippen MR) is 84.9 cm³/mol. The molecule has 0 radical (unpaired) electrons. The van der Waals surface area contributed by atoms with E-state index in [1.165, 1.54) is 25.7 Å². The van der Waals surface area contributed by atoms with Gasteiger partial charge >= 0.3 is 5.69 Å². The van der Waals surface area contributed by atoms with E-state index < -0.39 is 4.92 Å². The molecule has 3 rings (SSSR count). The van der Waals surface area contributed by atoms with E-state index in [1.807, 2.05) is 0 Å². The lowest BCUT2D eigenvalue weighted by atomic mass is 9.86. The quantitative estimate of drug-likeness (QED) is 0.643. The first kappa shape index (κ1) is 16.0. The van der Waals surface area contributed by atoms with E-state index in [0.29, 0.717) is 36.8 Å². The number of nitrogens with one attached hydrogen (secondary N) is 1. The molecular weight excluding hydrogens is 296 g/mol. The lowest BCUT2D eigenvalue weighted by Gasteiger charge is -2.20. The molecule has 1 aromatic rings. The Morgan fingerprint density at radius 3 is 2.74 bits per heavy atom. The van der Waals surface area contributed by atoms with Crippen LogP contribution in [0.4, 0.5) is 5.69 Å². The SMILES string of the molecule is Cc1nn(CCNC(=O)CC2CC3CCC2C3)c(C)c1[N+](=O)[O-]. The van der Waals surface area contributed by atoms with E-state index in [2.05, 4.69) is 10.4 Å². The van der Waals surface area contributed by atoms with Gasteiger partial charge in [-0.25, -0.2) is 0 Å². The van der Waals surface area contributed by atoms with E-state index in [9.17, 15) is 14.9 Å². The van der Waals surface area contributed by atoms with Crippen LogP contribution in [0.2, 0.25) is 0 Å². The molecule has 3 unspecified atom stereocenters. The lowest BCUT2D eigenvalue weighted by Crippen LogP contribution is -2.30. The highest BCUT2D eigenvalue weighted by molar-refractivity contribution is 5.76. The number of amides is 1. The van der Waals surface area contributed by atoms with Gasteiger partial charge in [-0.05, 0) is 50.9 Å². The van der Waals surface area contributed by atoms with Crippen molar-refractivity contribution in [3.63, 3.8) is 0 Å². The fourth-order valence-corrected chi connectivity index (χ4v) is 4.41. The van der Waals surface area contributed by atoms with Crippen LogP contribution in [0.15, 0.2) is 0 Å². The maximum absolute atomic E-state index is 12.1. The third-order valence-corrected chi connectivity index (χ3v) is 5.50. The fourth-order valence-electron chi connectivity index (χ4n) is 4.41. The van der Waals surface area contributed by atoms with Crippen molar-refractivity contribution in [2.75, 3.05) is 6.54 Å². The molecule has 7 heteroatoms. The molecule has 1 heterocycles. The van der Waals surface area contributed by atoms with Crippen molar-refractivity contribution in [2.45, 2.75) is 52.5 Å². The van der Waals surface area contributed by atoms with Crippen LogP contribution in [0.25, 0.3) is 0 Å². The van der Waals surface area contributed by atoms with E-state index in [4.69, 9.17) is 0 Å². The highest BCUT2D eigenvalue weighted by Crippen LogP contribution is 2.49. The van der Waals surface area contributed by atoms with Crippen molar-refractivity contribution < 1.29 is 9.72 Å². The molecule has 0 spiro atoms. The summed E-state index contributed by atoms with van der Waals surface area (Å²) in [4.78, 5) is 22.7. The van der Waals surface area contributed by atoms with Gasteiger partial charge in [-0.2, -0.15) is 5.10 Å². The van der Waals surface area contributed by atoms with E-state index in [0.717, 1.165) is 11.8 Å². The van der Waals surface area contributed by atoms with Crippen LogP contribution in [-0.4, -0.2) is 27.2 Å². The molecule has 0 aliphatic heterocycles. The number of carbonyl (C=O) groups excluding carboxylic acids is 1.